The average molecular weight is 152 g/mol. The van der Waals surface area contributed by atoms with E-state index < -0.39 is 10.4 Å². The summed E-state index contributed by atoms with van der Waals surface area (Å²) in [7, 11) is 0. The molecular formula is C4H6ClNO3. The van der Waals surface area contributed by atoms with Crippen LogP contribution in [0.2, 0.25) is 0 Å². The number of hydrogen-bond donors (Lipinski definition) is 0. The van der Waals surface area contributed by atoms with Crippen molar-refractivity contribution in [2.45, 2.75) is 5.50 Å². The minimum absolute atomic E-state index is 0.141. The molecule has 0 saturated heterocycles. The van der Waals surface area contributed by atoms with E-state index in [1.807, 2.05) is 0 Å². The molecular weight excluding hydrogens is 146 g/mol. The second kappa shape index (κ2) is 4.14. The van der Waals surface area contributed by atoms with Gasteiger partial charge in [-0.2, -0.15) is 0 Å². The largest absolute Gasteiger partial charge is 0.493 e. The molecule has 0 rings (SSSR count). The van der Waals surface area contributed by atoms with Crippen molar-refractivity contribution >= 4 is 11.6 Å². The van der Waals surface area contributed by atoms with Gasteiger partial charge in [0.25, 0.3) is 0 Å². The Morgan fingerprint density at radius 2 is 2.56 bits per heavy atom. The van der Waals surface area contributed by atoms with Crippen LogP contribution in [0.25, 0.3) is 0 Å². The molecule has 0 aliphatic carbocycles. The van der Waals surface area contributed by atoms with E-state index in [9.17, 15) is 10.1 Å². The lowest BCUT2D eigenvalue weighted by Gasteiger charge is -1.98. The van der Waals surface area contributed by atoms with Gasteiger partial charge in [-0.3, -0.25) is 10.1 Å². The van der Waals surface area contributed by atoms with Crippen LogP contribution in [0.3, 0.4) is 0 Å². The first-order valence-electron chi connectivity index (χ1n) is 2.18. The van der Waals surface area contributed by atoms with Gasteiger partial charge in [-0.05, 0) is 11.6 Å². The van der Waals surface area contributed by atoms with Gasteiger partial charge < -0.3 is 4.74 Å². The second-order valence-electron chi connectivity index (χ2n) is 1.22. The van der Waals surface area contributed by atoms with Gasteiger partial charge in [-0.1, -0.05) is 6.58 Å². The van der Waals surface area contributed by atoms with E-state index in [0.717, 1.165) is 6.26 Å². The fourth-order valence-corrected chi connectivity index (χ4v) is 0.281. The number of alkyl halides is 1. The van der Waals surface area contributed by atoms with E-state index in [2.05, 4.69) is 11.3 Å². The number of hydrogen-bond acceptors (Lipinski definition) is 3. The number of rotatable bonds is 4. The van der Waals surface area contributed by atoms with Crippen molar-refractivity contribution < 1.29 is 9.66 Å². The lowest BCUT2D eigenvalue weighted by molar-refractivity contribution is -0.501. The van der Waals surface area contributed by atoms with E-state index in [1.54, 1.807) is 0 Å². The molecule has 0 amide bonds. The zero-order valence-electron chi connectivity index (χ0n) is 4.62. The van der Waals surface area contributed by atoms with E-state index in [4.69, 9.17) is 11.6 Å². The van der Waals surface area contributed by atoms with Gasteiger partial charge in [0.15, 0.2) is 6.61 Å². The van der Waals surface area contributed by atoms with Crippen LogP contribution in [0.5, 0.6) is 0 Å². The molecule has 0 bridgehead atoms. The van der Waals surface area contributed by atoms with Crippen molar-refractivity contribution in [1.29, 1.82) is 0 Å². The van der Waals surface area contributed by atoms with Crippen molar-refractivity contribution in [3.63, 3.8) is 0 Å². The highest BCUT2D eigenvalue weighted by Crippen LogP contribution is 1.96. The molecule has 0 heterocycles. The quantitative estimate of drug-likeness (QED) is 0.198. The Morgan fingerprint density at radius 1 is 2.00 bits per heavy atom. The summed E-state index contributed by atoms with van der Waals surface area (Å²) in [5.74, 6) is 0. The highest BCUT2D eigenvalue weighted by atomic mass is 35.5. The third kappa shape index (κ3) is 3.78. The molecule has 0 aromatic heterocycles. The summed E-state index contributed by atoms with van der Waals surface area (Å²) in [6, 6.07) is 0. The summed E-state index contributed by atoms with van der Waals surface area (Å²) in [6.45, 7) is 3.05. The molecule has 0 radical (unpaired) electrons. The molecule has 0 aliphatic heterocycles. The zero-order chi connectivity index (χ0) is 7.28. The minimum Gasteiger partial charge on any atom is -0.493 e. The predicted molar refractivity (Wildman–Crippen MR) is 32.8 cm³/mol. The van der Waals surface area contributed by atoms with Crippen molar-refractivity contribution in [1.82, 2.24) is 0 Å². The average Bonchev–Trinajstić information content (AvgIpc) is 1.82. The molecule has 1 atom stereocenters. The van der Waals surface area contributed by atoms with Gasteiger partial charge in [0.2, 0.25) is 0 Å². The Kier molecular flexibility index (Phi) is 3.79. The van der Waals surface area contributed by atoms with Crippen LogP contribution >= 0.6 is 11.6 Å². The Balaban J connectivity index is 3.37. The lowest BCUT2D eigenvalue weighted by Crippen LogP contribution is -2.17. The molecule has 1 unspecified atom stereocenters. The number of nitrogens with zero attached hydrogens (tertiary/aromatic N) is 1. The molecule has 9 heavy (non-hydrogen) atoms. The first-order chi connectivity index (χ1) is 4.18. The van der Waals surface area contributed by atoms with Crippen LogP contribution < -0.4 is 0 Å². The summed E-state index contributed by atoms with van der Waals surface area (Å²) < 4.78 is 4.45. The Labute approximate surface area is 57.2 Å². The summed E-state index contributed by atoms with van der Waals surface area (Å²) in [4.78, 5) is 9.13. The van der Waals surface area contributed by atoms with Crippen LogP contribution in [0, 0.1) is 10.1 Å². The molecule has 0 saturated carbocycles. The third-order valence-corrected chi connectivity index (χ3v) is 0.866. The number of nitro groups is 1. The smallest absolute Gasteiger partial charge is 0.319 e. The van der Waals surface area contributed by atoms with Crippen molar-refractivity contribution in [3.05, 3.63) is 23.0 Å². The molecule has 52 valence electrons. The van der Waals surface area contributed by atoms with Crippen LogP contribution in [0.1, 0.15) is 0 Å². The van der Waals surface area contributed by atoms with Gasteiger partial charge >= 0.3 is 5.50 Å². The summed E-state index contributed by atoms with van der Waals surface area (Å²) in [6.07, 6.45) is 1.11. The standard InChI is InChI=1S/C4H6ClNO3/c1-2-9-3-4(5)6(7)8/h2,4H,1,3H2. The normalized spacial score (nSPS) is 12.1. The molecule has 4 nitrogen and oxygen atoms in total. The summed E-state index contributed by atoms with van der Waals surface area (Å²) in [5.41, 5.74) is -1.18. The lowest BCUT2D eigenvalue weighted by atomic mass is 10.7. The predicted octanol–water partition coefficient (Wildman–Crippen LogP) is 0.988. The summed E-state index contributed by atoms with van der Waals surface area (Å²) in [5, 5.41) is 9.76. The van der Waals surface area contributed by atoms with E-state index in [-0.39, 0.29) is 6.61 Å². The highest BCUT2D eigenvalue weighted by molar-refractivity contribution is 6.19. The van der Waals surface area contributed by atoms with Gasteiger partial charge in [0.05, 0.1) is 6.26 Å². The number of ether oxygens (including phenoxy) is 1. The van der Waals surface area contributed by atoms with E-state index in [1.165, 1.54) is 0 Å². The molecule has 0 spiro atoms. The SMILES string of the molecule is C=COCC(Cl)[N+](=O)[O-]. The van der Waals surface area contributed by atoms with E-state index in [0.29, 0.717) is 0 Å². The van der Waals surface area contributed by atoms with Crippen LogP contribution in [-0.2, 0) is 4.74 Å². The Hall–Kier alpha value is -0.770. The molecule has 0 aliphatic rings. The fourth-order valence-electron chi connectivity index (χ4n) is 0.208. The van der Waals surface area contributed by atoms with Gasteiger partial charge in [-0.15, -0.1) is 0 Å². The Morgan fingerprint density at radius 3 is 2.89 bits per heavy atom. The third-order valence-electron chi connectivity index (χ3n) is 0.580. The zero-order valence-corrected chi connectivity index (χ0v) is 5.37. The molecule has 5 heteroatoms. The first-order valence-corrected chi connectivity index (χ1v) is 2.62. The molecule has 0 N–H and O–H groups in total. The molecule has 0 aromatic rings. The maximum Gasteiger partial charge on any atom is 0.319 e. The molecule has 0 aromatic carbocycles. The van der Waals surface area contributed by atoms with Gasteiger partial charge in [0.1, 0.15) is 0 Å². The first kappa shape index (κ1) is 8.23. The topological polar surface area (TPSA) is 52.4 Å². The fraction of sp³-hybridized carbons (Fsp3) is 0.500. The number of halogens is 1. The second-order valence-corrected chi connectivity index (χ2v) is 1.72. The summed E-state index contributed by atoms with van der Waals surface area (Å²) >= 11 is 5.12. The van der Waals surface area contributed by atoms with Crippen molar-refractivity contribution in [3.8, 4) is 0 Å². The Bertz CT molecular complexity index is 116. The minimum atomic E-state index is -1.18. The van der Waals surface area contributed by atoms with Crippen molar-refractivity contribution in [2.24, 2.45) is 0 Å². The van der Waals surface area contributed by atoms with Crippen molar-refractivity contribution in [2.75, 3.05) is 6.61 Å². The monoisotopic (exact) mass is 151 g/mol. The van der Waals surface area contributed by atoms with Gasteiger partial charge in [0, 0.05) is 4.92 Å². The maximum atomic E-state index is 9.76. The van der Waals surface area contributed by atoms with Crippen LogP contribution in [-0.4, -0.2) is 17.0 Å². The van der Waals surface area contributed by atoms with Crippen LogP contribution in [0.4, 0.5) is 0 Å². The molecule has 0 fully saturated rings. The van der Waals surface area contributed by atoms with Crippen LogP contribution in [0.15, 0.2) is 12.8 Å². The van der Waals surface area contributed by atoms with Gasteiger partial charge in [-0.25, -0.2) is 0 Å². The maximum absolute atomic E-state index is 9.76. The highest BCUT2D eigenvalue weighted by Gasteiger charge is 2.14. The van der Waals surface area contributed by atoms with E-state index >= 15 is 0 Å².